The number of benzene rings is 2. The largest absolute Gasteiger partial charge is 0.481 e. The molecule has 1 heterocycles. The Balaban J connectivity index is 1.86. The molecule has 0 saturated heterocycles. The molecule has 1 N–H and O–H groups in total. The summed E-state index contributed by atoms with van der Waals surface area (Å²) in [5.74, 6) is 3.80. The molecular weight excluding hydrogens is 428 g/mol. The van der Waals surface area contributed by atoms with Crippen LogP contribution >= 0.6 is 0 Å². The van der Waals surface area contributed by atoms with E-state index in [4.69, 9.17) is 20.6 Å². The van der Waals surface area contributed by atoms with Gasteiger partial charge in [-0.05, 0) is 35.7 Å². The second-order valence-electron chi connectivity index (χ2n) is 7.97. The van der Waals surface area contributed by atoms with Crippen molar-refractivity contribution in [2.24, 2.45) is 0 Å². The van der Waals surface area contributed by atoms with Crippen LogP contribution in [0.4, 0.5) is 5.69 Å². The minimum absolute atomic E-state index is 0.105. The van der Waals surface area contributed by atoms with E-state index in [2.05, 4.69) is 30.1 Å². The molecule has 0 amide bonds. The second kappa shape index (κ2) is 12.4. The van der Waals surface area contributed by atoms with Crippen molar-refractivity contribution in [1.82, 2.24) is 4.98 Å². The van der Waals surface area contributed by atoms with Crippen LogP contribution in [-0.4, -0.2) is 37.7 Å². The first-order chi connectivity index (χ1) is 16.5. The van der Waals surface area contributed by atoms with Crippen LogP contribution in [0, 0.1) is 12.3 Å². The zero-order valence-corrected chi connectivity index (χ0v) is 19.8. The predicted molar refractivity (Wildman–Crippen MR) is 134 cm³/mol. The maximum atomic E-state index is 13.4. The first kappa shape index (κ1) is 24.8. The molecule has 0 atom stereocenters. The Bertz CT molecular complexity index is 1130. The lowest BCUT2D eigenvalue weighted by Gasteiger charge is -2.15. The maximum Gasteiger partial charge on any atom is 0.218 e. The number of nitrogens with zero attached hydrogens (tertiary/aromatic N) is 1. The van der Waals surface area contributed by atoms with Crippen LogP contribution in [0.15, 0.2) is 60.8 Å². The van der Waals surface area contributed by atoms with Crippen molar-refractivity contribution in [3.05, 3.63) is 83.0 Å². The van der Waals surface area contributed by atoms with Crippen LogP contribution in [0.1, 0.15) is 46.8 Å². The maximum absolute atomic E-state index is 13.4. The normalized spacial score (nSPS) is 10.6. The van der Waals surface area contributed by atoms with Crippen molar-refractivity contribution in [3.8, 4) is 24.0 Å². The highest BCUT2D eigenvalue weighted by Crippen LogP contribution is 2.27. The summed E-state index contributed by atoms with van der Waals surface area (Å²) in [6.45, 7) is 5.66. The van der Waals surface area contributed by atoms with Gasteiger partial charge >= 0.3 is 0 Å². The molecule has 0 unspecified atom stereocenters. The van der Waals surface area contributed by atoms with Crippen molar-refractivity contribution in [1.29, 1.82) is 0 Å². The van der Waals surface area contributed by atoms with Gasteiger partial charge in [0, 0.05) is 42.2 Å². The van der Waals surface area contributed by atoms with E-state index >= 15 is 0 Å². The standard InChI is InChI=1S/C28H30N2O4/c1-5-15-33-24-12-13-26(30-19-23-7-6-14-29-28(23)34-17-16-32-4)25(18-24)27(31)22-10-8-21(9-11-22)20(2)3/h1,6-14,18,20,30H,15-17,19H2,2-4H3. The first-order valence-corrected chi connectivity index (χ1v) is 11.2. The summed E-state index contributed by atoms with van der Waals surface area (Å²) in [7, 11) is 1.62. The van der Waals surface area contributed by atoms with E-state index in [9.17, 15) is 4.79 Å². The van der Waals surface area contributed by atoms with E-state index in [0.717, 1.165) is 5.56 Å². The Labute approximate surface area is 201 Å². The first-order valence-electron chi connectivity index (χ1n) is 11.2. The van der Waals surface area contributed by atoms with Crippen molar-refractivity contribution >= 4 is 11.5 Å². The molecule has 0 spiro atoms. The van der Waals surface area contributed by atoms with Crippen LogP contribution < -0.4 is 14.8 Å². The Kier molecular flexibility index (Phi) is 9.07. The van der Waals surface area contributed by atoms with Crippen LogP contribution in [-0.2, 0) is 11.3 Å². The lowest BCUT2D eigenvalue weighted by atomic mass is 9.97. The number of hydrogen-bond donors (Lipinski definition) is 1. The van der Waals surface area contributed by atoms with Crippen molar-refractivity contribution in [2.75, 3.05) is 32.2 Å². The Morgan fingerprint density at radius 3 is 2.59 bits per heavy atom. The smallest absolute Gasteiger partial charge is 0.218 e. The van der Waals surface area contributed by atoms with E-state index < -0.39 is 0 Å². The van der Waals surface area contributed by atoms with Crippen LogP contribution in [0.2, 0.25) is 0 Å². The molecule has 3 rings (SSSR count). The molecule has 0 aliphatic heterocycles. The Morgan fingerprint density at radius 1 is 1.09 bits per heavy atom. The molecule has 0 bridgehead atoms. The minimum atomic E-state index is -0.105. The summed E-state index contributed by atoms with van der Waals surface area (Å²) in [6, 6.07) is 16.8. The quantitative estimate of drug-likeness (QED) is 0.232. The van der Waals surface area contributed by atoms with Gasteiger partial charge in [-0.1, -0.05) is 50.1 Å². The number of methoxy groups -OCH3 is 1. The molecule has 0 saturated carbocycles. The Hall–Kier alpha value is -3.82. The summed E-state index contributed by atoms with van der Waals surface area (Å²) >= 11 is 0. The third-order valence-electron chi connectivity index (χ3n) is 5.24. The zero-order chi connectivity index (χ0) is 24.3. The predicted octanol–water partition coefficient (Wildman–Crippen LogP) is 5.09. The Morgan fingerprint density at radius 2 is 1.88 bits per heavy atom. The third-order valence-corrected chi connectivity index (χ3v) is 5.24. The average Bonchev–Trinajstić information content (AvgIpc) is 2.87. The monoisotopic (exact) mass is 458 g/mol. The highest BCUT2D eigenvalue weighted by Gasteiger charge is 2.16. The van der Waals surface area contributed by atoms with E-state index in [1.165, 1.54) is 5.56 Å². The van der Waals surface area contributed by atoms with Gasteiger partial charge in [0.25, 0.3) is 0 Å². The summed E-state index contributed by atoms with van der Waals surface area (Å²) in [5.41, 5.74) is 3.83. The second-order valence-corrected chi connectivity index (χ2v) is 7.97. The van der Waals surface area contributed by atoms with Gasteiger partial charge in [0.1, 0.15) is 19.0 Å². The van der Waals surface area contributed by atoms with E-state index in [-0.39, 0.29) is 12.4 Å². The molecule has 0 fully saturated rings. The van der Waals surface area contributed by atoms with Gasteiger partial charge in [0.15, 0.2) is 5.78 Å². The fraction of sp³-hybridized carbons (Fsp3) is 0.286. The van der Waals surface area contributed by atoms with Gasteiger partial charge in [-0.15, -0.1) is 6.42 Å². The number of carbonyl (C=O) groups excluding carboxylic acids is 1. The fourth-order valence-corrected chi connectivity index (χ4v) is 3.36. The highest BCUT2D eigenvalue weighted by atomic mass is 16.5. The molecule has 0 aliphatic carbocycles. The van der Waals surface area contributed by atoms with E-state index in [1.54, 1.807) is 25.4 Å². The van der Waals surface area contributed by atoms with Gasteiger partial charge in [-0.2, -0.15) is 0 Å². The van der Waals surface area contributed by atoms with Crippen LogP contribution in [0.3, 0.4) is 0 Å². The third kappa shape index (κ3) is 6.60. The summed E-state index contributed by atoms with van der Waals surface area (Å²) in [6.07, 6.45) is 7.00. The van der Waals surface area contributed by atoms with Gasteiger partial charge in [0.05, 0.1) is 6.61 Å². The number of ether oxygens (including phenoxy) is 3. The molecule has 6 nitrogen and oxygen atoms in total. The number of carbonyl (C=O) groups is 1. The van der Waals surface area contributed by atoms with E-state index in [0.29, 0.717) is 54.1 Å². The van der Waals surface area contributed by atoms with Gasteiger partial charge in [-0.3, -0.25) is 4.79 Å². The van der Waals surface area contributed by atoms with Crippen molar-refractivity contribution in [3.63, 3.8) is 0 Å². The summed E-state index contributed by atoms with van der Waals surface area (Å²) in [5, 5.41) is 3.36. The number of aromatic nitrogens is 1. The number of rotatable bonds is 12. The van der Waals surface area contributed by atoms with Crippen LogP contribution in [0.25, 0.3) is 0 Å². The molecule has 34 heavy (non-hydrogen) atoms. The molecule has 1 aromatic heterocycles. The van der Waals surface area contributed by atoms with Gasteiger partial charge in [0.2, 0.25) is 5.88 Å². The number of nitrogens with one attached hydrogen (secondary N) is 1. The molecule has 0 radical (unpaired) electrons. The molecule has 0 aliphatic rings. The van der Waals surface area contributed by atoms with Crippen LogP contribution in [0.5, 0.6) is 11.6 Å². The summed E-state index contributed by atoms with van der Waals surface area (Å²) < 4.78 is 16.3. The molecule has 176 valence electrons. The zero-order valence-electron chi connectivity index (χ0n) is 19.8. The fourth-order valence-electron chi connectivity index (χ4n) is 3.36. The lowest BCUT2D eigenvalue weighted by Crippen LogP contribution is -2.11. The van der Waals surface area contributed by atoms with Gasteiger partial charge in [-0.25, -0.2) is 4.98 Å². The average molecular weight is 459 g/mol. The van der Waals surface area contributed by atoms with Crippen molar-refractivity contribution < 1.29 is 19.0 Å². The topological polar surface area (TPSA) is 69.7 Å². The number of ketones is 1. The molecule has 6 heteroatoms. The van der Waals surface area contributed by atoms with Crippen molar-refractivity contribution in [2.45, 2.75) is 26.3 Å². The molecule has 3 aromatic rings. The summed E-state index contributed by atoms with van der Waals surface area (Å²) in [4.78, 5) is 17.8. The minimum Gasteiger partial charge on any atom is -0.481 e. The number of anilines is 1. The highest BCUT2D eigenvalue weighted by molar-refractivity contribution is 6.12. The molecular formula is C28H30N2O4. The number of pyridine rings is 1. The number of terminal acetylenes is 1. The van der Waals surface area contributed by atoms with Gasteiger partial charge < -0.3 is 19.5 Å². The SMILES string of the molecule is C#CCOc1ccc(NCc2cccnc2OCCOC)c(C(=O)c2ccc(C(C)C)cc2)c1. The van der Waals surface area contributed by atoms with E-state index in [1.807, 2.05) is 42.5 Å². The lowest BCUT2D eigenvalue weighted by molar-refractivity contribution is 0.103. The molecule has 2 aromatic carbocycles. The number of hydrogen-bond acceptors (Lipinski definition) is 6.